The molecule has 21 heavy (non-hydrogen) atoms. The van der Waals surface area contributed by atoms with E-state index in [1.54, 1.807) is 25.1 Å². The summed E-state index contributed by atoms with van der Waals surface area (Å²) in [6.07, 6.45) is 0. The molecule has 1 heterocycles. The summed E-state index contributed by atoms with van der Waals surface area (Å²) >= 11 is 0. The Kier molecular flexibility index (Phi) is 4.99. The molecule has 0 bridgehead atoms. The normalized spacial score (nSPS) is 12.7. The van der Waals surface area contributed by atoms with Crippen molar-refractivity contribution in [1.82, 2.24) is 4.90 Å². The Balaban J connectivity index is 1.97. The van der Waals surface area contributed by atoms with E-state index in [1.807, 2.05) is 0 Å². The zero-order valence-corrected chi connectivity index (χ0v) is 11.9. The van der Waals surface area contributed by atoms with Gasteiger partial charge in [0.1, 0.15) is 13.2 Å². The number of nitrogens with two attached hydrogens (primary N) is 1. The summed E-state index contributed by atoms with van der Waals surface area (Å²) in [5, 5.41) is 2.73. The third-order valence-corrected chi connectivity index (χ3v) is 3.07. The zero-order valence-electron chi connectivity index (χ0n) is 11.9. The van der Waals surface area contributed by atoms with Gasteiger partial charge in [0.15, 0.2) is 11.5 Å². The van der Waals surface area contributed by atoms with E-state index in [0.717, 1.165) is 0 Å². The Bertz CT molecular complexity index is 533. The smallest absolute Gasteiger partial charge is 0.243 e. The fourth-order valence-electron chi connectivity index (χ4n) is 2.00. The molecule has 7 nitrogen and oxygen atoms in total. The molecular formula is C14H19N3O4. The standard InChI is InChI=1S/C14H19N3O4/c1-2-17(14(19)8-15)9-13(18)16-10-3-4-11-12(7-10)21-6-5-20-11/h3-4,7H,2,5-6,8-9,15H2,1H3,(H,16,18). The van der Waals surface area contributed by atoms with Crippen LogP contribution in [0.25, 0.3) is 0 Å². The van der Waals surface area contributed by atoms with Crippen molar-refractivity contribution in [1.29, 1.82) is 0 Å². The Labute approximate surface area is 123 Å². The molecule has 114 valence electrons. The van der Waals surface area contributed by atoms with Gasteiger partial charge in [-0.25, -0.2) is 0 Å². The van der Waals surface area contributed by atoms with Gasteiger partial charge in [0.05, 0.1) is 13.1 Å². The molecule has 0 fully saturated rings. The Morgan fingerprint density at radius 1 is 1.29 bits per heavy atom. The molecule has 0 spiro atoms. The highest BCUT2D eigenvalue weighted by molar-refractivity contribution is 5.95. The van der Waals surface area contributed by atoms with Gasteiger partial charge in [-0.05, 0) is 19.1 Å². The molecule has 1 aliphatic heterocycles. The van der Waals surface area contributed by atoms with Gasteiger partial charge in [0, 0.05) is 18.3 Å². The highest BCUT2D eigenvalue weighted by Gasteiger charge is 2.16. The summed E-state index contributed by atoms with van der Waals surface area (Å²) in [4.78, 5) is 24.9. The van der Waals surface area contributed by atoms with Gasteiger partial charge in [0.25, 0.3) is 0 Å². The number of rotatable bonds is 5. The highest BCUT2D eigenvalue weighted by atomic mass is 16.6. The number of fused-ring (bicyclic) bond motifs is 1. The van der Waals surface area contributed by atoms with E-state index in [2.05, 4.69) is 5.32 Å². The second-order valence-electron chi connectivity index (χ2n) is 4.52. The summed E-state index contributed by atoms with van der Waals surface area (Å²) in [5.41, 5.74) is 5.90. The van der Waals surface area contributed by atoms with Crippen molar-refractivity contribution in [3.63, 3.8) is 0 Å². The molecule has 2 amide bonds. The van der Waals surface area contributed by atoms with Crippen LogP contribution in [0.2, 0.25) is 0 Å². The second-order valence-corrected chi connectivity index (χ2v) is 4.52. The summed E-state index contributed by atoms with van der Waals surface area (Å²) in [6.45, 7) is 3.10. The SMILES string of the molecule is CCN(CC(=O)Nc1ccc2c(c1)OCCO2)C(=O)CN. The first kappa shape index (κ1) is 15.1. The molecule has 2 rings (SSSR count). The molecule has 7 heteroatoms. The number of nitrogens with zero attached hydrogens (tertiary/aromatic N) is 1. The number of hydrogen-bond donors (Lipinski definition) is 2. The van der Waals surface area contributed by atoms with E-state index in [-0.39, 0.29) is 24.9 Å². The quantitative estimate of drug-likeness (QED) is 0.809. The first-order chi connectivity index (χ1) is 10.1. The highest BCUT2D eigenvalue weighted by Crippen LogP contribution is 2.32. The maximum absolute atomic E-state index is 12.0. The van der Waals surface area contributed by atoms with Gasteiger partial charge in [-0.3, -0.25) is 9.59 Å². The Hall–Kier alpha value is -2.28. The lowest BCUT2D eigenvalue weighted by molar-refractivity contribution is -0.133. The van der Waals surface area contributed by atoms with Crippen LogP contribution < -0.4 is 20.5 Å². The van der Waals surface area contributed by atoms with E-state index in [9.17, 15) is 9.59 Å². The summed E-state index contributed by atoms with van der Waals surface area (Å²) in [6, 6.07) is 5.17. The molecule has 0 saturated heterocycles. The molecule has 0 aliphatic carbocycles. The minimum Gasteiger partial charge on any atom is -0.486 e. The lowest BCUT2D eigenvalue weighted by Crippen LogP contribution is -2.41. The number of amides is 2. The lowest BCUT2D eigenvalue weighted by atomic mass is 10.2. The number of carbonyl (C=O) groups excluding carboxylic acids is 2. The molecule has 0 saturated carbocycles. The van der Waals surface area contributed by atoms with Gasteiger partial charge in [-0.1, -0.05) is 0 Å². The van der Waals surface area contributed by atoms with Crippen LogP contribution in [0, 0.1) is 0 Å². The summed E-state index contributed by atoms with van der Waals surface area (Å²) in [5.74, 6) is 0.724. The van der Waals surface area contributed by atoms with Gasteiger partial charge < -0.3 is 25.4 Å². The summed E-state index contributed by atoms with van der Waals surface area (Å²) < 4.78 is 10.9. The molecule has 0 atom stereocenters. The molecule has 1 aromatic rings. The van der Waals surface area contributed by atoms with Crippen LogP contribution in [0.5, 0.6) is 11.5 Å². The lowest BCUT2D eigenvalue weighted by Gasteiger charge is -2.21. The largest absolute Gasteiger partial charge is 0.486 e. The first-order valence-electron chi connectivity index (χ1n) is 6.81. The first-order valence-corrected chi connectivity index (χ1v) is 6.81. The number of carbonyl (C=O) groups is 2. The van der Waals surface area contributed by atoms with Crippen LogP contribution >= 0.6 is 0 Å². The van der Waals surface area contributed by atoms with Crippen molar-refractivity contribution in [2.24, 2.45) is 5.73 Å². The minimum atomic E-state index is -0.282. The van der Waals surface area contributed by atoms with Crippen LogP contribution in [0.15, 0.2) is 18.2 Å². The number of likely N-dealkylation sites (N-methyl/N-ethyl adjacent to an activating group) is 1. The van der Waals surface area contributed by atoms with Crippen LogP contribution in [0.1, 0.15) is 6.92 Å². The predicted molar refractivity (Wildman–Crippen MR) is 77.4 cm³/mol. The third kappa shape index (κ3) is 3.85. The van der Waals surface area contributed by atoms with Gasteiger partial charge >= 0.3 is 0 Å². The second kappa shape index (κ2) is 6.94. The third-order valence-electron chi connectivity index (χ3n) is 3.07. The summed E-state index contributed by atoms with van der Waals surface area (Å²) in [7, 11) is 0. The zero-order chi connectivity index (χ0) is 15.2. The van der Waals surface area contributed by atoms with Crippen molar-refractivity contribution in [2.75, 3.05) is 38.2 Å². The van der Waals surface area contributed by atoms with Crippen molar-refractivity contribution in [2.45, 2.75) is 6.92 Å². The molecular weight excluding hydrogens is 274 g/mol. The minimum absolute atomic E-state index is 0.0268. The van der Waals surface area contributed by atoms with Gasteiger partial charge in [-0.15, -0.1) is 0 Å². The van der Waals surface area contributed by atoms with E-state index >= 15 is 0 Å². The molecule has 0 unspecified atom stereocenters. The molecule has 0 aromatic heterocycles. The topological polar surface area (TPSA) is 93.9 Å². The molecule has 3 N–H and O–H groups in total. The molecule has 0 radical (unpaired) electrons. The van der Waals surface area contributed by atoms with Crippen LogP contribution in [0.3, 0.4) is 0 Å². The fraction of sp³-hybridized carbons (Fsp3) is 0.429. The number of benzene rings is 1. The van der Waals surface area contributed by atoms with Crippen molar-refractivity contribution < 1.29 is 19.1 Å². The number of ether oxygens (including phenoxy) is 2. The van der Waals surface area contributed by atoms with Crippen LogP contribution in [-0.4, -0.2) is 49.6 Å². The fourth-order valence-corrected chi connectivity index (χ4v) is 2.00. The van der Waals surface area contributed by atoms with E-state index in [0.29, 0.717) is 36.9 Å². The van der Waals surface area contributed by atoms with Crippen molar-refractivity contribution >= 4 is 17.5 Å². The van der Waals surface area contributed by atoms with Crippen molar-refractivity contribution in [3.8, 4) is 11.5 Å². The van der Waals surface area contributed by atoms with Gasteiger partial charge in [0.2, 0.25) is 11.8 Å². The monoisotopic (exact) mass is 293 g/mol. The maximum Gasteiger partial charge on any atom is 0.243 e. The van der Waals surface area contributed by atoms with E-state index < -0.39 is 0 Å². The van der Waals surface area contributed by atoms with Gasteiger partial charge in [-0.2, -0.15) is 0 Å². The predicted octanol–water partition coefficient (Wildman–Crippen LogP) is 0.204. The van der Waals surface area contributed by atoms with Crippen LogP contribution in [0.4, 0.5) is 5.69 Å². The Morgan fingerprint density at radius 3 is 2.67 bits per heavy atom. The average Bonchev–Trinajstić information content (AvgIpc) is 2.51. The number of hydrogen-bond acceptors (Lipinski definition) is 5. The number of nitrogens with one attached hydrogen (secondary N) is 1. The van der Waals surface area contributed by atoms with Crippen molar-refractivity contribution in [3.05, 3.63) is 18.2 Å². The number of anilines is 1. The average molecular weight is 293 g/mol. The molecule has 1 aliphatic rings. The molecule has 1 aromatic carbocycles. The Morgan fingerprint density at radius 2 is 2.00 bits per heavy atom. The van der Waals surface area contributed by atoms with E-state index in [1.165, 1.54) is 4.90 Å². The van der Waals surface area contributed by atoms with E-state index in [4.69, 9.17) is 15.2 Å². The maximum atomic E-state index is 12.0. The van der Waals surface area contributed by atoms with Crippen LogP contribution in [-0.2, 0) is 9.59 Å².